The lowest BCUT2D eigenvalue weighted by molar-refractivity contribution is 0.739. The van der Waals surface area contributed by atoms with Crippen molar-refractivity contribution in [3.05, 3.63) is 162 Å². The molecule has 7 aromatic rings. The average molecular weight is 607 g/mol. The van der Waals surface area contributed by atoms with Crippen molar-refractivity contribution in [3.63, 3.8) is 0 Å². The van der Waals surface area contributed by atoms with E-state index in [1.165, 1.54) is 88.0 Å². The molecule has 1 aliphatic carbocycles. The zero-order valence-electron chi connectivity index (χ0n) is 28.1. The Kier molecular flexibility index (Phi) is 8.35. The molecule has 8 rings (SSSR count). The minimum atomic E-state index is 0.612. The number of hydrogen-bond acceptors (Lipinski definition) is 0. The van der Waals surface area contributed by atoms with Gasteiger partial charge in [0.15, 0.2) is 0 Å². The SMILES string of the molecule is CC.Cc1c(C2=CCC(C)C=C2)cccc1-c1cccc(-c2cccc(-c3ccc4c5ccccc5c5ccccc5c4c3)c2)c1C. The van der Waals surface area contributed by atoms with Crippen LogP contribution in [0.4, 0.5) is 0 Å². The Balaban J connectivity index is 0.00000172. The summed E-state index contributed by atoms with van der Waals surface area (Å²) in [6, 6.07) is 47.2. The van der Waals surface area contributed by atoms with Crippen molar-refractivity contribution >= 4 is 37.9 Å². The van der Waals surface area contributed by atoms with E-state index in [1.807, 2.05) is 13.8 Å². The van der Waals surface area contributed by atoms with Crippen LogP contribution in [0.3, 0.4) is 0 Å². The van der Waals surface area contributed by atoms with E-state index in [1.54, 1.807) is 0 Å². The fourth-order valence-corrected chi connectivity index (χ4v) is 7.36. The third kappa shape index (κ3) is 5.49. The first-order valence-electron chi connectivity index (χ1n) is 17.1. The van der Waals surface area contributed by atoms with E-state index in [0.717, 1.165) is 6.42 Å². The molecule has 0 saturated heterocycles. The molecule has 0 nitrogen and oxygen atoms in total. The molecule has 0 amide bonds. The largest absolute Gasteiger partial charge is 0.0808 e. The van der Waals surface area contributed by atoms with Gasteiger partial charge >= 0.3 is 0 Å². The Morgan fingerprint density at radius 1 is 0.447 bits per heavy atom. The van der Waals surface area contributed by atoms with Crippen molar-refractivity contribution < 1.29 is 0 Å². The highest BCUT2D eigenvalue weighted by Gasteiger charge is 2.15. The molecule has 0 radical (unpaired) electrons. The third-order valence-corrected chi connectivity index (χ3v) is 9.83. The fraction of sp³-hybridized carbons (Fsp3) is 0.149. The number of hydrogen-bond donors (Lipinski definition) is 0. The lowest BCUT2D eigenvalue weighted by atomic mass is 9.86. The lowest BCUT2D eigenvalue weighted by Gasteiger charge is -2.19. The molecule has 0 heteroatoms. The first kappa shape index (κ1) is 30.5. The zero-order valence-corrected chi connectivity index (χ0v) is 28.1. The first-order chi connectivity index (χ1) is 23.1. The summed E-state index contributed by atoms with van der Waals surface area (Å²) >= 11 is 0. The summed E-state index contributed by atoms with van der Waals surface area (Å²) in [4.78, 5) is 0. The average Bonchev–Trinajstić information content (AvgIpc) is 3.13. The summed E-state index contributed by atoms with van der Waals surface area (Å²) in [5, 5.41) is 7.84. The molecule has 47 heavy (non-hydrogen) atoms. The predicted molar refractivity (Wildman–Crippen MR) is 207 cm³/mol. The second-order valence-corrected chi connectivity index (χ2v) is 12.6. The van der Waals surface area contributed by atoms with E-state index in [0.29, 0.717) is 5.92 Å². The summed E-state index contributed by atoms with van der Waals surface area (Å²) in [5.41, 5.74) is 12.9. The molecular formula is C47H42. The Bertz CT molecular complexity index is 2290. The molecule has 0 aromatic heterocycles. The highest BCUT2D eigenvalue weighted by molar-refractivity contribution is 6.25. The van der Waals surface area contributed by atoms with Gasteiger partial charge in [-0.15, -0.1) is 0 Å². The van der Waals surface area contributed by atoms with Crippen molar-refractivity contribution in [2.45, 2.75) is 41.0 Å². The standard InChI is InChI=1S/C45H36.C2H6/c1-29-21-23-32(24-22-29)36-17-9-19-38(30(36)2)39-20-10-18-37(31(39)3)35-12-8-11-33(27-35)34-25-26-44-42-15-5-4-13-40(42)41-14-6-7-16-43(41)45(44)28-34;1-2/h4-21,23-29H,22H2,1-3H3;1-2H3. The Morgan fingerprint density at radius 3 is 1.55 bits per heavy atom. The van der Waals surface area contributed by atoms with E-state index in [2.05, 4.69) is 166 Å². The van der Waals surface area contributed by atoms with Crippen LogP contribution in [0, 0.1) is 19.8 Å². The summed E-state index contributed by atoms with van der Waals surface area (Å²) in [6.45, 7) is 10.8. The van der Waals surface area contributed by atoms with Crippen LogP contribution in [0.15, 0.2) is 146 Å². The highest BCUT2D eigenvalue weighted by Crippen LogP contribution is 2.40. The molecule has 1 unspecified atom stereocenters. The minimum Gasteiger partial charge on any atom is -0.0808 e. The quantitative estimate of drug-likeness (QED) is 0.175. The van der Waals surface area contributed by atoms with Crippen LogP contribution in [0.25, 0.3) is 71.3 Å². The van der Waals surface area contributed by atoms with Crippen LogP contribution in [0.2, 0.25) is 0 Å². The van der Waals surface area contributed by atoms with Crippen LogP contribution >= 0.6 is 0 Å². The van der Waals surface area contributed by atoms with Gasteiger partial charge in [-0.2, -0.15) is 0 Å². The van der Waals surface area contributed by atoms with E-state index >= 15 is 0 Å². The van der Waals surface area contributed by atoms with Gasteiger partial charge in [-0.1, -0.05) is 154 Å². The van der Waals surface area contributed by atoms with Gasteiger partial charge in [-0.25, -0.2) is 0 Å². The molecule has 0 spiro atoms. The van der Waals surface area contributed by atoms with Gasteiger partial charge in [0.2, 0.25) is 0 Å². The normalized spacial score (nSPS) is 14.2. The fourth-order valence-electron chi connectivity index (χ4n) is 7.36. The number of allylic oxidation sites excluding steroid dienone is 4. The van der Waals surface area contributed by atoms with Crippen LogP contribution in [0.5, 0.6) is 0 Å². The maximum absolute atomic E-state index is 2.39. The van der Waals surface area contributed by atoms with Gasteiger partial charge in [0.25, 0.3) is 0 Å². The molecular weight excluding hydrogens is 565 g/mol. The molecule has 1 atom stereocenters. The molecule has 0 saturated carbocycles. The van der Waals surface area contributed by atoms with Crippen molar-refractivity contribution in [2.24, 2.45) is 5.92 Å². The Hall–Kier alpha value is -5.20. The maximum Gasteiger partial charge on any atom is -0.00928 e. The molecule has 0 N–H and O–H groups in total. The van der Waals surface area contributed by atoms with Crippen molar-refractivity contribution in [3.8, 4) is 33.4 Å². The monoisotopic (exact) mass is 606 g/mol. The van der Waals surface area contributed by atoms with E-state index in [9.17, 15) is 0 Å². The second kappa shape index (κ2) is 12.9. The van der Waals surface area contributed by atoms with Gasteiger partial charge in [-0.05, 0) is 126 Å². The van der Waals surface area contributed by atoms with Crippen LogP contribution in [0.1, 0.15) is 43.9 Å². The van der Waals surface area contributed by atoms with Gasteiger partial charge in [-0.3, -0.25) is 0 Å². The zero-order chi connectivity index (χ0) is 32.5. The van der Waals surface area contributed by atoms with Gasteiger partial charge in [0, 0.05) is 0 Å². The van der Waals surface area contributed by atoms with Gasteiger partial charge < -0.3 is 0 Å². The van der Waals surface area contributed by atoms with E-state index in [4.69, 9.17) is 0 Å². The summed E-state index contributed by atoms with van der Waals surface area (Å²) in [7, 11) is 0. The van der Waals surface area contributed by atoms with Crippen LogP contribution < -0.4 is 0 Å². The van der Waals surface area contributed by atoms with Crippen LogP contribution in [-0.2, 0) is 0 Å². The van der Waals surface area contributed by atoms with Crippen molar-refractivity contribution in [1.29, 1.82) is 0 Å². The van der Waals surface area contributed by atoms with Gasteiger partial charge in [0.05, 0.1) is 0 Å². The van der Waals surface area contributed by atoms with E-state index in [-0.39, 0.29) is 0 Å². The summed E-state index contributed by atoms with van der Waals surface area (Å²) < 4.78 is 0. The molecule has 0 fully saturated rings. The molecule has 230 valence electrons. The van der Waals surface area contributed by atoms with Crippen molar-refractivity contribution in [1.82, 2.24) is 0 Å². The lowest BCUT2D eigenvalue weighted by Crippen LogP contribution is -1.98. The van der Waals surface area contributed by atoms with Crippen LogP contribution in [-0.4, -0.2) is 0 Å². The number of rotatable bonds is 4. The molecule has 0 bridgehead atoms. The Labute approximate surface area is 279 Å². The molecule has 0 heterocycles. The summed E-state index contributed by atoms with van der Waals surface area (Å²) in [6.07, 6.45) is 8.13. The molecule has 0 aliphatic heterocycles. The summed E-state index contributed by atoms with van der Waals surface area (Å²) in [5.74, 6) is 0.612. The smallest absolute Gasteiger partial charge is 0.00928 e. The molecule has 1 aliphatic rings. The van der Waals surface area contributed by atoms with E-state index < -0.39 is 0 Å². The predicted octanol–water partition coefficient (Wildman–Crippen LogP) is 13.8. The second-order valence-electron chi connectivity index (χ2n) is 12.6. The maximum atomic E-state index is 2.39. The first-order valence-corrected chi connectivity index (χ1v) is 17.1. The van der Waals surface area contributed by atoms with Crippen molar-refractivity contribution in [2.75, 3.05) is 0 Å². The highest BCUT2D eigenvalue weighted by atomic mass is 14.2. The van der Waals surface area contributed by atoms with Gasteiger partial charge in [0.1, 0.15) is 0 Å². The number of fused-ring (bicyclic) bond motifs is 6. The topological polar surface area (TPSA) is 0 Å². The molecule has 7 aromatic carbocycles. The minimum absolute atomic E-state index is 0.612. The third-order valence-electron chi connectivity index (χ3n) is 9.83. The Morgan fingerprint density at radius 2 is 0.936 bits per heavy atom. The number of benzene rings is 7.